The van der Waals surface area contributed by atoms with E-state index in [-0.39, 0.29) is 23.3 Å². The van der Waals surface area contributed by atoms with Crippen molar-refractivity contribution < 1.29 is 29.3 Å². The molecule has 0 radical (unpaired) electrons. The number of ether oxygens (including phenoxy) is 2. The van der Waals surface area contributed by atoms with Gasteiger partial charge in [0, 0.05) is 40.9 Å². The molecule has 8 heteroatoms. The Hall–Kier alpha value is -4.04. The summed E-state index contributed by atoms with van der Waals surface area (Å²) in [6.07, 6.45) is 1.71. The minimum atomic E-state index is -1.44. The largest absolute Gasteiger partial charge is 0.489 e. The number of hydrogen-bond donors (Lipinski definition) is 2. The predicted molar refractivity (Wildman–Crippen MR) is 215 cm³/mol. The Balaban J connectivity index is 2.03. The van der Waals surface area contributed by atoms with Crippen LogP contribution in [-0.2, 0) is 6.61 Å². The van der Waals surface area contributed by atoms with E-state index in [1.165, 1.54) is 5.56 Å². The Labute approximate surface area is 319 Å². The maximum absolute atomic E-state index is 11.3. The summed E-state index contributed by atoms with van der Waals surface area (Å²) in [4.78, 5) is 25.6. The third-order valence-electron chi connectivity index (χ3n) is 10.6. The minimum Gasteiger partial charge on any atom is -0.489 e. The fourth-order valence-corrected chi connectivity index (χ4v) is 8.01. The molecule has 0 saturated carbocycles. The lowest BCUT2D eigenvalue weighted by Crippen LogP contribution is -2.57. The molecule has 0 spiro atoms. The second kappa shape index (κ2) is 19.3. The zero-order valence-electron chi connectivity index (χ0n) is 34.0. The maximum Gasteiger partial charge on any atom is 0.416 e. The molecule has 2 N–H and O–H groups in total. The molecule has 8 nitrogen and oxygen atoms in total. The van der Waals surface area contributed by atoms with Crippen LogP contribution in [0.15, 0.2) is 78.9 Å². The number of carbonyl (C=O) groups is 2. The third-order valence-corrected chi connectivity index (χ3v) is 10.6. The topological polar surface area (TPSA) is 99.5 Å². The van der Waals surface area contributed by atoms with Crippen molar-refractivity contribution >= 4 is 12.2 Å². The van der Waals surface area contributed by atoms with Crippen LogP contribution >= 0.6 is 0 Å². The molecule has 0 aromatic heterocycles. The first-order chi connectivity index (χ1) is 24.9. The van der Waals surface area contributed by atoms with Gasteiger partial charge < -0.3 is 19.7 Å². The molecule has 0 bridgehead atoms. The highest BCUT2D eigenvalue weighted by Gasteiger charge is 2.52. The summed E-state index contributed by atoms with van der Waals surface area (Å²) in [7, 11) is 0. The molecule has 0 heterocycles. The van der Waals surface area contributed by atoms with Crippen molar-refractivity contribution in [2.24, 2.45) is 10.8 Å². The summed E-state index contributed by atoms with van der Waals surface area (Å²) in [6.45, 7) is 23.9. The lowest BCUT2D eigenvalue weighted by Gasteiger charge is -2.53. The molecular weight excluding hydrogens is 665 g/mol. The van der Waals surface area contributed by atoms with Gasteiger partial charge in [-0.25, -0.2) is 14.5 Å². The van der Waals surface area contributed by atoms with Crippen molar-refractivity contribution in [3.05, 3.63) is 95.6 Å². The van der Waals surface area contributed by atoms with E-state index in [2.05, 4.69) is 135 Å². The quantitative estimate of drug-likeness (QED) is 0.118. The van der Waals surface area contributed by atoms with E-state index in [4.69, 9.17) is 9.47 Å². The lowest BCUT2D eigenvalue weighted by molar-refractivity contribution is -0.121. The number of unbranched alkanes of at least 4 members (excludes halogenated alkanes) is 3. The standard InChI is InChI=1S/C45H66N2O6/c1-33(2)46(34(3)4)30-27-38(36-23-17-14-18-24-36)39-31-37(25-26-40(39)52-32-35-21-15-13-16-22-35)53-45(43(5,6)7,44(8,9)10)28-19-11-12-20-29-47(41(48)49)42(50)51/h13-18,21-26,31,33-34,38H,11-12,19-20,27-30,32H2,1-10H3,(H,48,49)(H,50,51)/t38-/m1/s1. The van der Waals surface area contributed by atoms with Gasteiger partial charge in [-0.15, -0.1) is 0 Å². The summed E-state index contributed by atoms with van der Waals surface area (Å²) in [6, 6.07) is 28.2. The molecular formula is C45H66N2O6. The molecule has 0 saturated heterocycles. The van der Waals surface area contributed by atoms with E-state index in [1.54, 1.807) is 0 Å². The Morgan fingerprint density at radius 3 is 1.77 bits per heavy atom. The van der Waals surface area contributed by atoms with E-state index in [0.717, 1.165) is 61.3 Å². The second-order valence-electron chi connectivity index (χ2n) is 17.0. The van der Waals surface area contributed by atoms with Crippen molar-refractivity contribution in [2.45, 2.75) is 138 Å². The molecule has 1 atom stereocenters. The highest BCUT2D eigenvalue weighted by Crippen LogP contribution is 2.51. The first kappa shape index (κ1) is 43.4. The molecule has 0 fully saturated rings. The van der Waals surface area contributed by atoms with E-state index >= 15 is 0 Å². The average Bonchev–Trinajstić information content (AvgIpc) is 3.07. The Morgan fingerprint density at radius 1 is 0.698 bits per heavy atom. The van der Waals surface area contributed by atoms with Gasteiger partial charge in [0.1, 0.15) is 23.7 Å². The fraction of sp³-hybridized carbons (Fsp3) is 0.556. The maximum atomic E-state index is 11.3. The van der Waals surface area contributed by atoms with E-state index in [9.17, 15) is 19.8 Å². The molecule has 0 aliphatic rings. The molecule has 0 aliphatic carbocycles. The number of benzene rings is 3. The van der Waals surface area contributed by atoms with Crippen molar-refractivity contribution in [2.75, 3.05) is 13.1 Å². The number of hydrogen-bond acceptors (Lipinski definition) is 5. The van der Waals surface area contributed by atoms with Crippen molar-refractivity contribution in [1.82, 2.24) is 9.80 Å². The van der Waals surface area contributed by atoms with Crippen molar-refractivity contribution in [1.29, 1.82) is 0 Å². The predicted octanol–water partition coefficient (Wildman–Crippen LogP) is 11.7. The average molecular weight is 731 g/mol. The van der Waals surface area contributed by atoms with Crippen LogP contribution in [0, 0.1) is 10.8 Å². The van der Waals surface area contributed by atoms with Crippen molar-refractivity contribution in [3.63, 3.8) is 0 Å². The number of rotatable bonds is 19. The van der Waals surface area contributed by atoms with E-state index in [0.29, 0.717) is 30.0 Å². The van der Waals surface area contributed by atoms with Gasteiger partial charge in [0.25, 0.3) is 0 Å². The number of nitrogens with zero attached hydrogens (tertiary/aromatic N) is 2. The second-order valence-corrected chi connectivity index (χ2v) is 17.0. The monoisotopic (exact) mass is 730 g/mol. The highest BCUT2D eigenvalue weighted by atomic mass is 16.5. The van der Waals surface area contributed by atoms with E-state index in [1.807, 2.05) is 18.2 Å². The van der Waals surface area contributed by atoms with Crippen molar-refractivity contribution in [3.8, 4) is 11.5 Å². The van der Waals surface area contributed by atoms with Gasteiger partial charge in [0.15, 0.2) is 0 Å². The number of amides is 2. The van der Waals surface area contributed by atoms with Crippen LogP contribution in [0.4, 0.5) is 9.59 Å². The van der Waals surface area contributed by atoms with Gasteiger partial charge in [-0.05, 0) is 89.2 Å². The summed E-state index contributed by atoms with van der Waals surface area (Å²) < 4.78 is 14.0. The van der Waals surface area contributed by atoms with Crippen LogP contribution in [0.2, 0.25) is 0 Å². The fourth-order valence-electron chi connectivity index (χ4n) is 8.01. The normalized spacial score (nSPS) is 13.0. The molecule has 3 aromatic rings. The zero-order chi connectivity index (χ0) is 39.4. The molecule has 0 unspecified atom stereocenters. The summed E-state index contributed by atoms with van der Waals surface area (Å²) in [5.41, 5.74) is 2.40. The summed E-state index contributed by atoms with van der Waals surface area (Å²) in [5.74, 6) is 1.73. The lowest BCUT2D eigenvalue weighted by atomic mass is 9.60. The smallest absolute Gasteiger partial charge is 0.416 e. The van der Waals surface area contributed by atoms with Gasteiger partial charge in [-0.1, -0.05) is 115 Å². The van der Waals surface area contributed by atoms with Gasteiger partial charge in [0.05, 0.1) is 0 Å². The SMILES string of the molecule is CC(C)N(CC[C@H](c1ccccc1)c1cc(OC(CCCCCCN(C(=O)O)C(=O)O)(C(C)(C)C)C(C)(C)C)ccc1OCc1ccccc1)C(C)C. The van der Waals surface area contributed by atoms with Crippen LogP contribution < -0.4 is 9.47 Å². The first-order valence-corrected chi connectivity index (χ1v) is 19.4. The Kier molecular flexibility index (Phi) is 15.8. The zero-order valence-corrected chi connectivity index (χ0v) is 34.0. The van der Waals surface area contributed by atoms with Gasteiger partial charge in [-0.2, -0.15) is 0 Å². The molecule has 53 heavy (non-hydrogen) atoms. The van der Waals surface area contributed by atoms with Crippen LogP contribution in [-0.4, -0.2) is 63.0 Å². The molecule has 0 aliphatic heterocycles. The van der Waals surface area contributed by atoms with E-state index < -0.39 is 17.8 Å². The minimum absolute atomic E-state index is 0.0268. The summed E-state index contributed by atoms with van der Waals surface area (Å²) in [5, 5.41) is 18.4. The van der Waals surface area contributed by atoms with Crippen LogP contribution in [0.5, 0.6) is 11.5 Å². The third kappa shape index (κ3) is 12.0. The Morgan fingerprint density at radius 2 is 1.25 bits per heavy atom. The molecule has 292 valence electrons. The van der Waals surface area contributed by atoms with Crippen LogP contribution in [0.3, 0.4) is 0 Å². The van der Waals surface area contributed by atoms with Gasteiger partial charge in [0.2, 0.25) is 0 Å². The van der Waals surface area contributed by atoms with Crippen LogP contribution in [0.1, 0.15) is 130 Å². The highest BCUT2D eigenvalue weighted by molar-refractivity contribution is 5.85. The Bertz CT molecular complexity index is 1520. The molecule has 3 rings (SSSR count). The van der Waals surface area contributed by atoms with Gasteiger partial charge in [-0.3, -0.25) is 4.90 Å². The van der Waals surface area contributed by atoms with Gasteiger partial charge >= 0.3 is 12.2 Å². The van der Waals surface area contributed by atoms with Crippen LogP contribution in [0.25, 0.3) is 0 Å². The number of imide groups is 1. The summed E-state index contributed by atoms with van der Waals surface area (Å²) >= 11 is 0. The molecule has 3 aromatic carbocycles. The molecule has 2 amide bonds. The first-order valence-electron chi connectivity index (χ1n) is 19.4. The number of carboxylic acid groups (broad SMARTS) is 2.